The fourth-order valence-electron chi connectivity index (χ4n) is 3.46. The number of hydrogen-bond donors (Lipinski definition) is 4. The molecule has 0 aliphatic heterocycles. The first-order valence-corrected chi connectivity index (χ1v) is 9.34. The highest BCUT2D eigenvalue weighted by molar-refractivity contribution is 5.80. The maximum Gasteiger partial charge on any atom is 0.408 e. The van der Waals surface area contributed by atoms with Gasteiger partial charge in [0.05, 0.1) is 0 Å². The zero-order chi connectivity index (χ0) is 20.8. The van der Waals surface area contributed by atoms with Crippen LogP contribution in [0.4, 0.5) is 9.59 Å². The normalized spacial score (nSPS) is 12.4. The van der Waals surface area contributed by atoms with Crippen LogP contribution in [0.1, 0.15) is 29.5 Å². The molecular weight excluding hydrogens is 374 g/mol. The van der Waals surface area contributed by atoms with Gasteiger partial charge in [0, 0.05) is 6.54 Å². The van der Waals surface area contributed by atoms with Crippen LogP contribution in [0.25, 0.3) is 11.1 Å². The number of amides is 3. The molecule has 1 atom stereocenters. The molecule has 0 aromatic heterocycles. The van der Waals surface area contributed by atoms with Crippen molar-refractivity contribution in [1.82, 2.24) is 10.6 Å². The first kappa shape index (κ1) is 20.2. The lowest BCUT2D eigenvalue weighted by atomic mass is 10.0. The van der Waals surface area contributed by atoms with Crippen molar-refractivity contribution in [2.45, 2.75) is 31.9 Å². The molecule has 1 unspecified atom stereocenters. The van der Waals surface area contributed by atoms with E-state index in [1.54, 1.807) is 0 Å². The minimum absolute atomic E-state index is 0.0541. The van der Waals surface area contributed by atoms with Crippen molar-refractivity contribution in [1.29, 1.82) is 0 Å². The van der Waals surface area contributed by atoms with Crippen LogP contribution in [0.15, 0.2) is 42.5 Å². The Kier molecular flexibility index (Phi) is 6.33. The minimum Gasteiger partial charge on any atom is -0.480 e. The van der Waals surface area contributed by atoms with Crippen LogP contribution in [-0.4, -0.2) is 35.8 Å². The summed E-state index contributed by atoms with van der Waals surface area (Å²) in [6.07, 6.45) is 0.469. The Labute approximate surface area is 168 Å². The summed E-state index contributed by atoms with van der Waals surface area (Å²) < 4.78 is 5.27. The van der Waals surface area contributed by atoms with E-state index in [9.17, 15) is 19.5 Å². The Bertz CT molecular complexity index is 928. The van der Waals surface area contributed by atoms with Crippen molar-refractivity contribution in [3.8, 4) is 11.1 Å². The van der Waals surface area contributed by atoms with Gasteiger partial charge in [-0.2, -0.15) is 0 Å². The fraction of sp³-hybridized carbons (Fsp3) is 0.286. The zero-order valence-electron chi connectivity index (χ0n) is 15.8. The number of fused-ring (bicyclic) bond motifs is 3. The molecule has 0 fully saturated rings. The first-order valence-electron chi connectivity index (χ1n) is 9.34. The van der Waals surface area contributed by atoms with Crippen LogP contribution in [0.3, 0.4) is 0 Å². The van der Waals surface area contributed by atoms with Crippen LogP contribution in [-0.2, 0) is 22.6 Å². The fourth-order valence-corrected chi connectivity index (χ4v) is 3.46. The summed E-state index contributed by atoms with van der Waals surface area (Å²) in [4.78, 5) is 34.1. The summed E-state index contributed by atoms with van der Waals surface area (Å²) in [5.74, 6) is -1.17. The van der Waals surface area contributed by atoms with Crippen molar-refractivity contribution in [3.05, 3.63) is 59.2 Å². The zero-order valence-corrected chi connectivity index (χ0v) is 15.8. The quantitative estimate of drug-likeness (QED) is 0.434. The molecule has 0 radical (unpaired) electrons. The van der Waals surface area contributed by atoms with E-state index in [2.05, 4.69) is 22.8 Å². The second-order valence-corrected chi connectivity index (χ2v) is 6.82. The van der Waals surface area contributed by atoms with Gasteiger partial charge in [-0.25, -0.2) is 14.4 Å². The van der Waals surface area contributed by atoms with Crippen molar-refractivity contribution in [2.75, 3.05) is 6.54 Å². The highest BCUT2D eigenvalue weighted by Gasteiger charge is 2.23. The molecule has 5 N–H and O–H groups in total. The van der Waals surface area contributed by atoms with Gasteiger partial charge in [-0.15, -0.1) is 0 Å². The smallest absolute Gasteiger partial charge is 0.408 e. The average molecular weight is 397 g/mol. The monoisotopic (exact) mass is 397 g/mol. The Balaban J connectivity index is 1.55. The van der Waals surface area contributed by atoms with Crippen molar-refractivity contribution in [2.24, 2.45) is 5.73 Å². The van der Waals surface area contributed by atoms with Crippen LogP contribution in [0.5, 0.6) is 0 Å². The molecule has 0 heterocycles. The molecule has 0 spiro atoms. The van der Waals surface area contributed by atoms with Crippen LogP contribution in [0.2, 0.25) is 0 Å². The molecule has 2 aromatic rings. The van der Waals surface area contributed by atoms with Crippen LogP contribution < -0.4 is 16.4 Å². The molecule has 3 rings (SSSR count). The summed E-state index contributed by atoms with van der Waals surface area (Å²) in [6, 6.07) is 12.2. The number of rotatable bonds is 8. The van der Waals surface area contributed by atoms with E-state index in [1.807, 2.05) is 30.3 Å². The molecule has 0 saturated carbocycles. The van der Waals surface area contributed by atoms with Gasteiger partial charge in [0.2, 0.25) is 0 Å². The number of benzene rings is 2. The number of alkyl carbamates (subject to hydrolysis) is 1. The number of carboxylic acids is 1. The largest absolute Gasteiger partial charge is 0.480 e. The van der Waals surface area contributed by atoms with Gasteiger partial charge in [-0.1, -0.05) is 42.5 Å². The third kappa shape index (κ3) is 5.04. The van der Waals surface area contributed by atoms with Gasteiger partial charge in [0.25, 0.3) is 0 Å². The first-order chi connectivity index (χ1) is 14.0. The summed E-state index contributed by atoms with van der Waals surface area (Å²) in [6.45, 7) is 0.283. The molecular formula is C21H23N3O5. The summed E-state index contributed by atoms with van der Waals surface area (Å²) in [5.41, 5.74) is 10.5. The predicted octanol–water partition coefficient (Wildman–Crippen LogP) is 2.39. The number of carboxylic acid groups (broad SMARTS) is 1. The highest BCUT2D eigenvalue weighted by Crippen LogP contribution is 2.38. The van der Waals surface area contributed by atoms with Gasteiger partial charge < -0.3 is 26.2 Å². The Morgan fingerprint density at radius 3 is 2.62 bits per heavy atom. The second-order valence-electron chi connectivity index (χ2n) is 6.82. The summed E-state index contributed by atoms with van der Waals surface area (Å²) >= 11 is 0. The SMILES string of the molecule is NC(=O)NCCCC(NC(=O)OCc1cccc2c1Cc1ccccc1-2)C(=O)O. The Hall–Kier alpha value is -3.55. The molecule has 1 aliphatic carbocycles. The topological polar surface area (TPSA) is 131 Å². The lowest BCUT2D eigenvalue weighted by molar-refractivity contribution is -0.139. The molecule has 8 heteroatoms. The number of carbonyl (C=O) groups excluding carboxylic acids is 2. The van der Waals surface area contributed by atoms with Gasteiger partial charge in [0.15, 0.2) is 0 Å². The molecule has 2 aromatic carbocycles. The number of carbonyl (C=O) groups is 3. The van der Waals surface area contributed by atoms with Gasteiger partial charge >= 0.3 is 18.1 Å². The summed E-state index contributed by atoms with van der Waals surface area (Å²) in [5, 5.41) is 14.0. The molecule has 3 amide bonds. The van der Waals surface area contributed by atoms with E-state index >= 15 is 0 Å². The number of nitrogens with one attached hydrogen (secondary N) is 2. The van der Waals surface area contributed by atoms with E-state index in [1.165, 1.54) is 11.1 Å². The van der Waals surface area contributed by atoms with Gasteiger partial charge in [-0.05, 0) is 47.1 Å². The van der Waals surface area contributed by atoms with Crippen molar-refractivity contribution in [3.63, 3.8) is 0 Å². The highest BCUT2D eigenvalue weighted by atomic mass is 16.5. The number of ether oxygens (including phenoxy) is 1. The van der Waals surface area contributed by atoms with E-state index in [-0.39, 0.29) is 19.6 Å². The standard InChI is InChI=1S/C21H23N3O5/c22-20(27)23-10-4-9-18(19(25)26)24-21(28)29-12-14-6-3-8-16-15-7-2-1-5-13(15)11-17(14)16/h1-3,5-8,18H,4,9-12H2,(H,24,28)(H,25,26)(H3,22,23,27). The van der Waals surface area contributed by atoms with Crippen molar-refractivity contribution < 1.29 is 24.2 Å². The van der Waals surface area contributed by atoms with Crippen LogP contribution in [0, 0.1) is 0 Å². The lowest BCUT2D eigenvalue weighted by Gasteiger charge is -2.15. The number of urea groups is 1. The van der Waals surface area contributed by atoms with Crippen LogP contribution >= 0.6 is 0 Å². The molecule has 8 nitrogen and oxygen atoms in total. The Morgan fingerprint density at radius 2 is 1.86 bits per heavy atom. The van der Waals surface area contributed by atoms with E-state index < -0.39 is 24.1 Å². The predicted molar refractivity (Wildman–Crippen MR) is 106 cm³/mol. The molecule has 0 saturated heterocycles. The third-order valence-corrected chi connectivity index (χ3v) is 4.87. The molecule has 152 valence electrons. The second kappa shape index (κ2) is 9.09. The van der Waals surface area contributed by atoms with E-state index in [0.29, 0.717) is 6.42 Å². The van der Waals surface area contributed by atoms with E-state index in [0.717, 1.165) is 23.1 Å². The third-order valence-electron chi connectivity index (χ3n) is 4.87. The maximum absolute atomic E-state index is 12.1. The number of aliphatic carboxylic acids is 1. The van der Waals surface area contributed by atoms with Crippen molar-refractivity contribution >= 4 is 18.1 Å². The lowest BCUT2D eigenvalue weighted by Crippen LogP contribution is -2.41. The molecule has 1 aliphatic rings. The number of hydrogen-bond acceptors (Lipinski definition) is 4. The number of nitrogens with two attached hydrogens (primary N) is 1. The average Bonchev–Trinajstić information content (AvgIpc) is 3.07. The minimum atomic E-state index is -1.17. The van der Waals surface area contributed by atoms with E-state index in [4.69, 9.17) is 10.5 Å². The molecule has 0 bridgehead atoms. The van der Waals surface area contributed by atoms with Gasteiger partial charge in [0.1, 0.15) is 12.6 Å². The maximum atomic E-state index is 12.1. The summed E-state index contributed by atoms with van der Waals surface area (Å²) in [7, 11) is 0. The molecule has 29 heavy (non-hydrogen) atoms. The van der Waals surface area contributed by atoms with Gasteiger partial charge in [-0.3, -0.25) is 0 Å². The number of primary amides is 1. The Morgan fingerprint density at radius 1 is 1.10 bits per heavy atom.